The van der Waals surface area contributed by atoms with Gasteiger partial charge < -0.3 is 10.1 Å². The van der Waals surface area contributed by atoms with Gasteiger partial charge in [0.2, 0.25) is 0 Å². The van der Waals surface area contributed by atoms with Crippen LogP contribution in [0.3, 0.4) is 0 Å². The van der Waals surface area contributed by atoms with Crippen LogP contribution < -0.4 is 5.32 Å². The predicted molar refractivity (Wildman–Crippen MR) is 69.6 cm³/mol. The van der Waals surface area contributed by atoms with Gasteiger partial charge >= 0.3 is 0 Å². The number of aryl methyl sites for hydroxylation is 1. The molecule has 1 N–H and O–H groups in total. The van der Waals surface area contributed by atoms with Crippen LogP contribution in [0.15, 0.2) is 12.1 Å². The lowest BCUT2D eigenvalue weighted by molar-refractivity contribution is 0.0714. The molecule has 2 heterocycles. The van der Waals surface area contributed by atoms with Crippen molar-refractivity contribution >= 4 is 17.2 Å². The van der Waals surface area contributed by atoms with Crippen LogP contribution in [0, 0.1) is 0 Å². The number of carbonyl (C=O) groups is 1. The smallest absolute Gasteiger partial charge is 0.261 e. The van der Waals surface area contributed by atoms with Crippen molar-refractivity contribution in [1.82, 2.24) is 5.32 Å². The zero-order valence-corrected chi connectivity index (χ0v) is 11.2. The van der Waals surface area contributed by atoms with Crippen LogP contribution in [0.5, 0.6) is 0 Å². The molecular weight excluding hydrogens is 234 g/mol. The molecule has 0 unspecified atom stereocenters. The summed E-state index contributed by atoms with van der Waals surface area (Å²) in [6.07, 6.45) is 3.32. The summed E-state index contributed by atoms with van der Waals surface area (Å²) in [5, 5.41) is 3.02. The summed E-state index contributed by atoms with van der Waals surface area (Å²) >= 11 is 1.57. The van der Waals surface area contributed by atoms with E-state index in [-0.39, 0.29) is 18.1 Å². The van der Waals surface area contributed by atoms with Crippen molar-refractivity contribution in [2.45, 2.75) is 45.3 Å². The van der Waals surface area contributed by atoms with E-state index < -0.39 is 0 Å². The number of carbonyl (C=O) groups excluding carboxylic acids is 1. The van der Waals surface area contributed by atoms with Crippen LogP contribution in [-0.2, 0) is 11.2 Å². The van der Waals surface area contributed by atoms with E-state index in [9.17, 15) is 4.79 Å². The maximum atomic E-state index is 12.0. The molecule has 1 fully saturated rings. The van der Waals surface area contributed by atoms with Crippen molar-refractivity contribution in [2.75, 3.05) is 6.61 Å². The minimum absolute atomic E-state index is 0.0256. The van der Waals surface area contributed by atoms with Gasteiger partial charge in [0.1, 0.15) is 0 Å². The molecule has 1 saturated heterocycles. The first-order valence-electron chi connectivity index (χ1n) is 6.22. The molecule has 2 rings (SSSR count). The largest absolute Gasteiger partial charge is 0.376 e. The molecule has 0 saturated carbocycles. The van der Waals surface area contributed by atoms with Crippen LogP contribution in [0.1, 0.15) is 41.2 Å². The van der Waals surface area contributed by atoms with Gasteiger partial charge in [-0.1, -0.05) is 6.92 Å². The Morgan fingerprint density at radius 1 is 1.65 bits per heavy atom. The molecule has 0 spiro atoms. The molecule has 1 aliphatic rings. The summed E-state index contributed by atoms with van der Waals surface area (Å²) < 4.78 is 5.57. The molecule has 17 heavy (non-hydrogen) atoms. The van der Waals surface area contributed by atoms with Crippen molar-refractivity contribution in [1.29, 1.82) is 0 Å². The van der Waals surface area contributed by atoms with Crippen molar-refractivity contribution in [2.24, 2.45) is 0 Å². The fourth-order valence-electron chi connectivity index (χ4n) is 2.06. The number of rotatable bonds is 4. The zero-order valence-electron chi connectivity index (χ0n) is 10.4. The molecule has 1 aliphatic heterocycles. The standard InChI is InChI=1S/C13H19NO2S/c1-3-10-6-7-12(17-10)13(15)14-9(2)11-5-4-8-16-11/h6-7,9,11H,3-5,8H2,1-2H3,(H,14,15)/t9-,11+/m1/s1. The lowest BCUT2D eigenvalue weighted by Gasteiger charge is -2.19. The van der Waals surface area contributed by atoms with Crippen molar-refractivity contribution in [3.05, 3.63) is 21.9 Å². The summed E-state index contributed by atoms with van der Waals surface area (Å²) in [6, 6.07) is 4.02. The maximum absolute atomic E-state index is 12.0. The molecule has 0 aromatic carbocycles. The molecule has 3 nitrogen and oxygen atoms in total. The highest BCUT2D eigenvalue weighted by atomic mass is 32.1. The molecule has 2 atom stereocenters. The van der Waals surface area contributed by atoms with Gasteiger partial charge in [0.05, 0.1) is 17.0 Å². The van der Waals surface area contributed by atoms with Gasteiger partial charge in [-0.05, 0) is 38.3 Å². The van der Waals surface area contributed by atoms with Crippen LogP contribution in [0.4, 0.5) is 0 Å². The van der Waals surface area contributed by atoms with Gasteiger partial charge in [0, 0.05) is 11.5 Å². The summed E-state index contributed by atoms with van der Waals surface area (Å²) in [7, 11) is 0. The molecular formula is C13H19NO2S. The summed E-state index contributed by atoms with van der Waals surface area (Å²) in [5.41, 5.74) is 0. The van der Waals surface area contributed by atoms with Crippen LogP contribution in [0.25, 0.3) is 0 Å². The third-order valence-electron chi connectivity index (χ3n) is 3.12. The van der Waals surface area contributed by atoms with Gasteiger partial charge in [0.25, 0.3) is 5.91 Å². The van der Waals surface area contributed by atoms with E-state index in [2.05, 4.69) is 12.2 Å². The van der Waals surface area contributed by atoms with Gasteiger partial charge in [-0.2, -0.15) is 0 Å². The quantitative estimate of drug-likeness (QED) is 0.895. The molecule has 94 valence electrons. The Morgan fingerprint density at radius 3 is 3.06 bits per heavy atom. The molecule has 1 amide bonds. The molecule has 1 aromatic heterocycles. The van der Waals surface area contributed by atoms with Crippen LogP contribution in [0.2, 0.25) is 0 Å². The van der Waals surface area contributed by atoms with Crippen LogP contribution in [-0.4, -0.2) is 24.7 Å². The first-order valence-corrected chi connectivity index (χ1v) is 7.03. The topological polar surface area (TPSA) is 38.3 Å². The Labute approximate surface area is 106 Å². The first-order chi connectivity index (χ1) is 8.20. The van der Waals surface area contributed by atoms with Crippen molar-refractivity contribution in [3.63, 3.8) is 0 Å². The summed E-state index contributed by atoms with van der Waals surface area (Å²) in [6.45, 7) is 4.94. The van der Waals surface area contributed by atoms with E-state index in [0.29, 0.717) is 0 Å². The molecule has 0 radical (unpaired) electrons. The van der Waals surface area contributed by atoms with E-state index in [1.54, 1.807) is 11.3 Å². The SMILES string of the molecule is CCc1ccc(C(=O)N[C@H](C)[C@@H]2CCCO2)s1. The number of hydrogen-bond acceptors (Lipinski definition) is 3. The molecule has 4 heteroatoms. The van der Waals surface area contributed by atoms with E-state index in [1.807, 2.05) is 19.1 Å². The summed E-state index contributed by atoms with van der Waals surface area (Å²) in [5.74, 6) is 0.0256. The van der Waals surface area contributed by atoms with E-state index in [1.165, 1.54) is 4.88 Å². The second kappa shape index (κ2) is 5.65. The Morgan fingerprint density at radius 2 is 2.47 bits per heavy atom. The fourth-order valence-corrected chi connectivity index (χ4v) is 2.91. The zero-order chi connectivity index (χ0) is 12.3. The average molecular weight is 253 g/mol. The Bertz CT molecular complexity index is 383. The van der Waals surface area contributed by atoms with Gasteiger partial charge in [-0.25, -0.2) is 0 Å². The number of hydrogen-bond donors (Lipinski definition) is 1. The van der Waals surface area contributed by atoms with Crippen LogP contribution >= 0.6 is 11.3 Å². The minimum atomic E-state index is 0.0256. The third-order valence-corrected chi connectivity index (χ3v) is 4.34. The second-order valence-corrected chi connectivity index (χ2v) is 5.60. The lowest BCUT2D eigenvalue weighted by Crippen LogP contribution is -2.40. The Balaban J connectivity index is 1.91. The second-order valence-electron chi connectivity index (χ2n) is 4.43. The number of ether oxygens (including phenoxy) is 1. The number of nitrogens with one attached hydrogen (secondary N) is 1. The molecule has 0 bridgehead atoms. The minimum Gasteiger partial charge on any atom is -0.376 e. The monoisotopic (exact) mass is 253 g/mol. The number of thiophene rings is 1. The predicted octanol–water partition coefficient (Wildman–Crippen LogP) is 2.61. The highest BCUT2D eigenvalue weighted by Gasteiger charge is 2.24. The van der Waals surface area contributed by atoms with Crippen molar-refractivity contribution in [3.8, 4) is 0 Å². The summed E-state index contributed by atoms with van der Waals surface area (Å²) in [4.78, 5) is 14.0. The highest BCUT2D eigenvalue weighted by molar-refractivity contribution is 7.14. The number of amides is 1. The normalized spacial score (nSPS) is 21.4. The van der Waals surface area contributed by atoms with Gasteiger partial charge in [-0.3, -0.25) is 4.79 Å². The van der Waals surface area contributed by atoms with Crippen molar-refractivity contribution < 1.29 is 9.53 Å². The van der Waals surface area contributed by atoms with E-state index in [4.69, 9.17) is 4.74 Å². The molecule has 1 aromatic rings. The maximum Gasteiger partial charge on any atom is 0.261 e. The van der Waals surface area contributed by atoms with Gasteiger partial charge in [0.15, 0.2) is 0 Å². The van der Waals surface area contributed by atoms with Gasteiger partial charge in [-0.15, -0.1) is 11.3 Å². The Hall–Kier alpha value is -0.870. The lowest BCUT2D eigenvalue weighted by atomic mass is 10.1. The fraction of sp³-hybridized carbons (Fsp3) is 0.615. The highest BCUT2D eigenvalue weighted by Crippen LogP contribution is 2.19. The first kappa shape index (κ1) is 12.6. The van der Waals surface area contributed by atoms with E-state index in [0.717, 1.165) is 30.7 Å². The Kier molecular flexibility index (Phi) is 4.18. The van der Waals surface area contributed by atoms with E-state index >= 15 is 0 Å². The third kappa shape index (κ3) is 3.07. The average Bonchev–Trinajstić information content (AvgIpc) is 3.00. The molecule has 0 aliphatic carbocycles.